The number of hydrogen-bond acceptors (Lipinski definition) is 4. The maximum absolute atomic E-state index is 13.5. The van der Waals surface area contributed by atoms with Gasteiger partial charge in [-0.3, -0.25) is 0 Å². The summed E-state index contributed by atoms with van der Waals surface area (Å²) in [4.78, 5) is 4.66. The van der Waals surface area contributed by atoms with Crippen LogP contribution in [0, 0.1) is 0 Å². The van der Waals surface area contributed by atoms with Crippen molar-refractivity contribution in [3.63, 3.8) is 0 Å². The summed E-state index contributed by atoms with van der Waals surface area (Å²) in [6.45, 7) is 1.68. The molecular weight excluding hydrogens is 513 g/mol. The van der Waals surface area contributed by atoms with Crippen molar-refractivity contribution in [2.24, 2.45) is 5.16 Å². The Bertz CT molecular complexity index is 954. The molecule has 2 aromatic rings. The number of halogens is 7. The third-order valence-corrected chi connectivity index (χ3v) is 4.77. The maximum atomic E-state index is 13.5. The van der Waals surface area contributed by atoms with Gasteiger partial charge in [-0.25, -0.2) is 0 Å². The fraction of sp³-hybridized carbons (Fsp3) is 0.286. The second-order valence-corrected chi connectivity index (χ2v) is 7.95. The summed E-state index contributed by atoms with van der Waals surface area (Å²) < 4.78 is 51.5. The molecule has 32 heavy (non-hydrogen) atoms. The molecule has 0 saturated heterocycles. The van der Waals surface area contributed by atoms with E-state index in [0.29, 0.717) is 11.3 Å². The van der Waals surface area contributed by atoms with Crippen LogP contribution in [0.5, 0.6) is 11.5 Å². The molecule has 0 fully saturated rings. The summed E-state index contributed by atoms with van der Waals surface area (Å²) in [7, 11) is 0. The number of benzene rings is 2. The van der Waals surface area contributed by atoms with Crippen LogP contribution in [0.1, 0.15) is 18.1 Å². The number of rotatable bonds is 10. The lowest BCUT2D eigenvalue weighted by Crippen LogP contribution is -2.26. The van der Waals surface area contributed by atoms with Crippen molar-refractivity contribution in [3.8, 4) is 11.5 Å². The molecule has 2 aromatic carbocycles. The van der Waals surface area contributed by atoms with E-state index in [1.54, 1.807) is 19.1 Å². The molecule has 11 heteroatoms. The molecule has 0 aliphatic heterocycles. The molecule has 174 valence electrons. The third-order valence-electron chi connectivity index (χ3n) is 3.90. The second-order valence-electron chi connectivity index (χ2n) is 6.13. The van der Waals surface area contributed by atoms with E-state index in [4.69, 9.17) is 55.9 Å². The predicted molar refractivity (Wildman–Crippen MR) is 122 cm³/mol. The van der Waals surface area contributed by atoms with Crippen molar-refractivity contribution in [1.29, 1.82) is 0 Å². The molecular formula is C21H18Cl4F3NO3. The fourth-order valence-electron chi connectivity index (χ4n) is 2.57. The lowest BCUT2D eigenvalue weighted by molar-refractivity contribution is -0.0613. The highest BCUT2D eigenvalue weighted by Gasteiger charge is 2.38. The first-order valence-corrected chi connectivity index (χ1v) is 10.8. The average Bonchev–Trinajstić information content (AvgIpc) is 2.70. The summed E-state index contributed by atoms with van der Waals surface area (Å²) in [5, 5.41) is 3.61. The van der Waals surface area contributed by atoms with Gasteiger partial charge in [0.15, 0.2) is 11.5 Å². The molecule has 0 aromatic heterocycles. The second kappa shape index (κ2) is 12.4. The first kappa shape index (κ1) is 26.5. The lowest BCUT2D eigenvalue weighted by atomic mass is 10.0. The summed E-state index contributed by atoms with van der Waals surface area (Å²) in [5.74, 6) is 0.550. The average molecular weight is 531 g/mol. The molecule has 0 N–H and O–H groups in total. The van der Waals surface area contributed by atoms with Crippen LogP contribution < -0.4 is 9.47 Å². The van der Waals surface area contributed by atoms with Crippen LogP contribution in [0.3, 0.4) is 0 Å². The van der Waals surface area contributed by atoms with Crippen LogP contribution in [0.25, 0.3) is 0 Å². The molecule has 0 bridgehead atoms. The van der Waals surface area contributed by atoms with Gasteiger partial charge in [0.1, 0.15) is 23.5 Å². The number of hydrogen-bond donors (Lipinski definition) is 0. The minimum atomic E-state index is -4.68. The minimum absolute atomic E-state index is 0.0107. The number of nitrogens with zero attached hydrogens (tertiary/aromatic N) is 1. The van der Waals surface area contributed by atoms with Gasteiger partial charge in [-0.2, -0.15) is 13.2 Å². The monoisotopic (exact) mass is 529 g/mol. The van der Waals surface area contributed by atoms with Gasteiger partial charge in [0.05, 0.1) is 16.7 Å². The van der Waals surface area contributed by atoms with Gasteiger partial charge in [0.2, 0.25) is 0 Å². The third kappa shape index (κ3) is 7.96. The zero-order valence-electron chi connectivity index (χ0n) is 16.7. The van der Waals surface area contributed by atoms with Gasteiger partial charge in [0.25, 0.3) is 0 Å². The van der Waals surface area contributed by atoms with Crippen molar-refractivity contribution in [2.75, 3.05) is 19.8 Å². The van der Waals surface area contributed by atoms with E-state index in [2.05, 4.69) is 9.99 Å². The quantitative estimate of drug-likeness (QED) is 0.234. The first-order valence-electron chi connectivity index (χ1n) is 9.24. The molecule has 0 unspecified atom stereocenters. The Morgan fingerprint density at radius 1 is 1.06 bits per heavy atom. The Kier molecular flexibility index (Phi) is 10.3. The Balaban J connectivity index is 2.14. The summed E-state index contributed by atoms with van der Waals surface area (Å²) in [5.41, 5.74) is -0.831. The van der Waals surface area contributed by atoms with Gasteiger partial charge in [0, 0.05) is 24.1 Å². The SMILES string of the molecule is CCO/N=C(/c1ccccc1CCOc1c(Cl)cc(OCC=C(Cl)Cl)cc1Cl)C(F)(F)F. The van der Waals surface area contributed by atoms with Gasteiger partial charge in [-0.15, -0.1) is 0 Å². The molecule has 0 radical (unpaired) electrons. The molecule has 0 aliphatic rings. The first-order chi connectivity index (χ1) is 15.1. The van der Waals surface area contributed by atoms with Gasteiger partial charge >= 0.3 is 6.18 Å². The zero-order valence-corrected chi connectivity index (χ0v) is 19.7. The van der Waals surface area contributed by atoms with Crippen LogP contribution in [-0.2, 0) is 11.3 Å². The summed E-state index contributed by atoms with van der Waals surface area (Å²) >= 11 is 23.5. The van der Waals surface area contributed by atoms with Gasteiger partial charge < -0.3 is 14.3 Å². The maximum Gasteiger partial charge on any atom is 0.437 e. The molecule has 0 spiro atoms. The van der Waals surface area contributed by atoms with Crippen LogP contribution in [0.15, 0.2) is 52.1 Å². The van der Waals surface area contributed by atoms with E-state index in [1.165, 1.54) is 30.3 Å². The number of oxime groups is 1. The fourth-order valence-corrected chi connectivity index (χ4v) is 3.28. The highest BCUT2D eigenvalue weighted by Crippen LogP contribution is 2.37. The standard InChI is InChI=1S/C21H18Cl4F3NO3/c1-2-32-29-20(21(26,27)28)15-6-4-3-5-13(15)7-9-31-19-16(22)11-14(12-17(19)23)30-10-8-18(24)25/h3-6,8,11-12H,2,7,9-10H2,1H3/b29-20-. The Morgan fingerprint density at radius 3 is 2.31 bits per heavy atom. The van der Waals surface area contributed by atoms with Crippen LogP contribution in [0.2, 0.25) is 10.0 Å². The predicted octanol–water partition coefficient (Wildman–Crippen LogP) is 7.62. The normalized spacial score (nSPS) is 11.8. The van der Waals surface area contributed by atoms with E-state index >= 15 is 0 Å². The van der Waals surface area contributed by atoms with Gasteiger partial charge in [-0.05, 0) is 18.6 Å². The van der Waals surface area contributed by atoms with E-state index in [9.17, 15) is 13.2 Å². The van der Waals surface area contributed by atoms with Crippen molar-refractivity contribution in [3.05, 3.63) is 68.1 Å². The van der Waals surface area contributed by atoms with Crippen molar-refractivity contribution in [2.45, 2.75) is 19.5 Å². The Labute approximate surface area is 203 Å². The van der Waals surface area contributed by atoms with E-state index in [1.807, 2.05) is 0 Å². The van der Waals surface area contributed by atoms with Crippen LogP contribution in [0.4, 0.5) is 13.2 Å². The highest BCUT2D eigenvalue weighted by atomic mass is 35.5. The smallest absolute Gasteiger partial charge is 0.437 e. The topological polar surface area (TPSA) is 40.0 Å². The molecule has 4 nitrogen and oxygen atoms in total. The molecule has 0 amide bonds. The molecule has 0 atom stereocenters. The largest absolute Gasteiger partial charge is 0.490 e. The van der Waals surface area contributed by atoms with Crippen molar-refractivity contribution in [1.82, 2.24) is 0 Å². The van der Waals surface area contributed by atoms with Crippen LogP contribution in [-0.4, -0.2) is 31.7 Å². The lowest BCUT2D eigenvalue weighted by Gasteiger charge is -2.15. The Hall–Kier alpha value is -1.80. The van der Waals surface area contributed by atoms with E-state index < -0.39 is 11.9 Å². The Morgan fingerprint density at radius 2 is 1.72 bits per heavy atom. The van der Waals surface area contributed by atoms with Crippen molar-refractivity contribution < 1.29 is 27.5 Å². The highest BCUT2D eigenvalue weighted by molar-refractivity contribution is 6.55. The number of alkyl halides is 3. The number of ether oxygens (including phenoxy) is 2. The van der Waals surface area contributed by atoms with E-state index in [-0.39, 0.29) is 52.1 Å². The minimum Gasteiger partial charge on any atom is -0.490 e. The molecule has 0 saturated carbocycles. The van der Waals surface area contributed by atoms with Gasteiger partial charge in [-0.1, -0.05) is 75.8 Å². The zero-order chi connectivity index (χ0) is 23.7. The van der Waals surface area contributed by atoms with Crippen molar-refractivity contribution >= 4 is 52.1 Å². The summed E-state index contributed by atoms with van der Waals surface area (Å²) in [6.07, 6.45) is -3.10. The summed E-state index contributed by atoms with van der Waals surface area (Å²) in [6, 6.07) is 8.98. The van der Waals surface area contributed by atoms with Crippen LogP contribution >= 0.6 is 46.4 Å². The molecule has 0 heterocycles. The van der Waals surface area contributed by atoms with E-state index in [0.717, 1.165) is 0 Å². The molecule has 2 rings (SSSR count). The molecule has 0 aliphatic carbocycles.